The molecule has 0 fully saturated rings. The van der Waals surface area contributed by atoms with Crippen LogP contribution >= 0.6 is 0 Å². The molecule has 1 amide bonds. The van der Waals surface area contributed by atoms with E-state index in [2.05, 4.69) is 10.4 Å². The van der Waals surface area contributed by atoms with E-state index in [1.54, 1.807) is 16.8 Å². The second kappa shape index (κ2) is 12.6. The van der Waals surface area contributed by atoms with E-state index in [-0.39, 0.29) is 36.4 Å². The minimum absolute atomic E-state index is 0.0874. The Morgan fingerprint density at radius 1 is 1.00 bits per heavy atom. The third-order valence-corrected chi connectivity index (χ3v) is 6.20. The van der Waals surface area contributed by atoms with E-state index in [0.717, 1.165) is 5.56 Å². The zero-order chi connectivity index (χ0) is 27.1. The molecule has 3 aromatic rings. The van der Waals surface area contributed by atoms with E-state index in [9.17, 15) is 24.2 Å². The zero-order valence-corrected chi connectivity index (χ0v) is 21.3. The van der Waals surface area contributed by atoms with Crippen molar-refractivity contribution in [1.29, 1.82) is 0 Å². The van der Waals surface area contributed by atoms with Crippen molar-refractivity contribution in [1.82, 2.24) is 15.1 Å². The quantitative estimate of drug-likeness (QED) is 0.290. The van der Waals surface area contributed by atoms with Gasteiger partial charge in [0.2, 0.25) is 0 Å². The molecule has 1 aromatic heterocycles. The molecule has 198 valence electrons. The number of rotatable bonds is 12. The molecule has 0 saturated carbocycles. The first kappa shape index (κ1) is 28.0. The van der Waals surface area contributed by atoms with E-state index in [4.69, 9.17) is 5.11 Å². The molecular formula is C28H34FN3O5. The lowest BCUT2D eigenvalue weighted by molar-refractivity contribution is -0.139. The van der Waals surface area contributed by atoms with Crippen molar-refractivity contribution in [3.8, 4) is 5.69 Å². The lowest BCUT2D eigenvalue weighted by atomic mass is 9.95. The molecule has 0 saturated heterocycles. The minimum atomic E-state index is -1.17. The number of nitrogens with one attached hydrogen (secondary N) is 1. The van der Waals surface area contributed by atoms with Gasteiger partial charge in [0.25, 0.3) is 5.91 Å². The maximum atomic E-state index is 13.6. The first-order chi connectivity index (χ1) is 17.6. The summed E-state index contributed by atoms with van der Waals surface area (Å²) in [5.74, 6) is -1.98. The highest BCUT2D eigenvalue weighted by atomic mass is 19.1. The molecule has 37 heavy (non-hydrogen) atoms. The fourth-order valence-electron chi connectivity index (χ4n) is 4.39. The number of benzene rings is 2. The molecule has 0 spiro atoms. The van der Waals surface area contributed by atoms with E-state index >= 15 is 0 Å². The molecular weight excluding hydrogens is 477 g/mol. The predicted octanol–water partition coefficient (Wildman–Crippen LogP) is 4.15. The van der Waals surface area contributed by atoms with Crippen LogP contribution in [0, 0.1) is 5.82 Å². The Morgan fingerprint density at radius 2 is 1.65 bits per heavy atom. The van der Waals surface area contributed by atoms with Gasteiger partial charge in [0.15, 0.2) is 5.69 Å². The summed E-state index contributed by atoms with van der Waals surface area (Å²) in [6, 6.07) is 15.1. The van der Waals surface area contributed by atoms with Crippen molar-refractivity contribution in [2.75, 3.05) is 0 Å². The molecule has 0 aliphatic carbocycles. The van der Waals surface area contributed by atoms with Crippen molar-refractivity contribution in [2.45, 2.75) is 70.6 Å². The van der Waals surface area contributed by atoms with E-state index < -0.39 is 30.4 Å². The van der Waals surface area contributed by atoms with Crippen LogP contribution in [0.15, 0.2) is 54.6 Å². The highest BCUT2D eigenvalue weighted by Crippen LogP contribution is 2.29. The summed E-state index contributed by atoms with van der Waals surface area (Å²) in [6.07, 6.45) is -2.14. The van der Waals surface area contributed by atoms with Gasteiger partial charge in [-0.25, -0.2) is 9.07 Å². The van der Waals surface area contributed by atoms with E-state index in [1.807, 2.05) is 51.1 Å². The Balaban J connectivity index is 1.94. The van der Waals surface area contributed by atoms with Crippen LogP contribution in [0.25, 0.3) is 5.69 Å². The number of carbonyl (C=O) groups excluding carboxylic acids is 1. The van der Waals surface area contributed by atoms with Gasteiger partial charge in [-0.15, -0.1) is 0 Å². The maximum absolute atomic E-state index is 13.6. The standard InChI is InChI=1S/C28H34FN3O5/c1-17(2)26-24(14-13-22(33)15-23(34)16-25(35)36)32(21-11-9-20(29)10-12-21)31-27(26)28(37)30-18(3)19-7-5-4-6-8-19/h4-12,17-18,22-23,33-34H,13-16H2,1-3H3,(H,30,37)(H,35,36)/t18-,22?,23?/m0/s1. The highest BCUT2D eigenvalue weighted by molar-refractivity contribution is 5.94. The summed E-state index contributed by atoms with van der Waals surface area (Å²) in [7, 11) is 0. The summed E-state index contributed by atoms with van der Waals surface area (Å²) < 4.78 is 15.2. The number of aliphatic hydroxyl groups is 2. The van der Waals surface area contributed by atoms with Gasteiger partial charge < -0.3 is 20.6 Å². The van der Waals surface area contributed by atoms with Crippen molar-refractivity contribution >= 4 is 11.9 Å². The van der Waals surface area contributed by atoms with Crippen molar-refractivity contribution in [3.63, 3.8) is 0 Å². The second-order valence-corrected chi connectivity index (χ2v) is 9.54. The van der Waals surface area contributed by atoms with E-state index in [0.29, 0.717) is 23.4 Å². The van der Waals surface area contributed by atoms with Gasteiger partial charge in [-0.1, -0.05) is 44.2 Å². The van der Waals surface area contributed by atoms with Crippen molar-refractivity contribution in [3.05, 3.63) is 82.9 Å². The number of aliphatic hydroxyl groups excluding tert-OH is 2. The van der Waals surface area contributed by atoms with Crippen LogP contribution in [0.4, 0.5) is 4.39 Å². The van der Waals surface area contributed by atoms with Gasteiger partial charge in [-0.05, 0) is 61.9 Å². The lowest BCUT2D eigenvalue weighted by Crippen LogP contribution is -2.28. The number of hydrogen-bond donors (Lipinski definition) is 4. The zero-order valence-electron chi connectivity index (χ0n) is 21.3. The van der Waals surface area contributed by atoms with Crippen LogP contribution in [0.2, 0.25) is 0 Å². The van der Waals surface area contributed by atoms with Gasteiger partial charge in [-0.3, -0.25) is 9.59 Å². The molecule has 0 aliphatic heterocycles. The SMILES string of the molecule is CC(C)c1c(C(=O)N[C@@H](C)c2ccccc2)nn(-c2ccc(F)cc2)c1CCC(O)CC(O)CC(=O)O. The number of carboxylic acid groups (broad SMARTS) is 1. The first-order valence-corrected chi connectivity index (χ1v) is 12.4. The smallest absolute Gasteiger partial charge is 0.305 e. The Hall–Kier alpha value is -3.56. The fraction of sp³-hybridized carbons (Fsp3) is 0.393. The molecule has 1 heterocycles. The molecule has 2 unspecified atom stereocenters. The molecule has 2 aromatic carbocycles. The Kier molecular flexibility index (Phi) is 9.54. The molecule has 0 bridgehead atoms. The number of nitrogens with zero attached hydrogens (tertiary/aromatic N) is 2. The number of hydrogen-bond acceptors (Lipinski definition) is 5. The lowest BCUT2D eigenvalue weighted by Gasteiger charge is -2.17. The van der Waals surface area contributed by atoms with Crippen molar-refractivity contribution in [2.24, 2.45) is 0 Å². The predicted molar refractivity (Wildman–Crippen MR) is 137 cm³/mol. The number of carbonyl (C=O) groups is 2. The molecule has 9 heteroatoms. The second-order valence-electron chi connectivity index (χ2n) is 9.54. The van der Waals surface area contributed by atoms with Gasteiger partial charge in [0, 0.05) is 11.3 Å². The van der Waals surface area contributed by atoms with Crippen LogP contribution in [-0.4, -0.2) is 49.2 Å². The van der Waals surface area contributed by atoms with Crippen LogP contribution in [0.1, 0.15) is 79.3 Å². The van der Waals surface area contributed by atoms with Gasteiger partial charge in [-0.2, -0.15) is 5.10 Å². The van der Waals surface area contributed by atoms with E-state index in [1.165, 1.54) is 12.1 Å². The number of amides is 1. The van der Waals surface area contributed by atoms with Gasteiger partial charge in [0.1, 0.15) is 5.82 Å². The molecule has 4 N–H and O–H groups in total. The number of aliphatic carboxylic acids is 1. The number of halogens is 1. The Morgan fingerprint density at radius 3 is 2.24 bits per heavy atom. The molecule has 8 nitrogen and oxygen atoms in total. The molecule has 0 radical (unpaired) electrons. The summed E-state index contributed by atoms with van der Waals surface area (Å²) in [4.78, 5) is 24.2. The normalized spacial score (nSPS) is 13.8. The average molecular weight is 512 g/mol. The van der Waals surface area contributed by atoms with Crippen LogP contribution in [0.5, 0.6) is 0 Å². The van der Waals surface area contributed by atoms with Crippen molar-refractivity contribution < 1.29 is 29.3 Å². The molecule has 3 rings (SSSR count). The van der Waals surface area contributed by atoms with Crippen LogP contribution in [-0.2, 0) is 11.2 Å². The summed E-state index contributed by atoms with van der Waals surface area (Å²) in [6.45, 7) is 5.78. The summed E-state index contributed by atoms with van der Waals surface area (Å²) in [5, 5.41) is 36.9. The number of carboxylic acids is 1. The Bertz CT molecular complexity index is 1190. The fourth-order valence-corrected chi connectivity index (χ4v) is 4.39. The first-order valence-electron chi connectivity index (χ1n) is 12.4. The average Bonchev–Trinajstić information content (AvgIpc) is 3.23. The molecule has 0 aliphatic rings. The van der Waals surface area contributed by atoms with Crippen LogP contribution < -0.4 is 5.32 Å². The third kappa shape index (κ3) is 7.47. The topological polar surface area (TPSA) is 125 Å². The third-order valence-electron chi connectivity index (χ3n) is 6.20. The monoisotopic (exact) mass is 511 g/mol. The summed E-state index contributed by atoms with van der Waals surface area (Å²) in [5.41, 5.74) is 3.15. The van der Waals surface area contributed by atoms with Crippen LogP contribution in [0.3, 0.4) is 0 Å². The Labute approximate surface area is 215 Å². The maximum Gasteiger partial charge on any atom is 0.305 e. The van der Waals surface area contributed by atoms with Gasteiger partial charge in [0.05, 0.1) is 30.4 Å². The summed E-state index contributed by atoms with van der Waals surface area (Å²) >= 11 is 0. The highest BCUT2D eigenvalue weighted by Gasteiger charge is 2.27. The molecule has 3 atom stereocenters. The van der Waals surface area contributed by atoms with Gasteiger partial charge >= 0.3 is 5.97 Å². The minimum Gasteiger partial charge on any atom is -0.481 e. The number of aromatic nitrogens is 2. The largest absolute Gasteiger partial charge is 0.481 e.